The van der Waals surface area contributed by atoms with Crippen molar-refractivity contribution in [3.63, 3.8) is 0 Å². The van der Waals surface area contributed by atoms with E-state index in [-0.39, 0.29) is 12.7 Å². The fourth-order valence-corrected chi connectivity index (χ4v) is 2.45. The Morgan fingerprint density at radius 3 is 2.40 bits per heavy atom. The summed E-state index contributed by atoms with van der Waals surface area (Å²) in [5.41, 5.74) is 0. The van der Waals surface area contributed by atoms with Crippen molar-refractivity contribution in [3.05, 3.63) is 0 Å². The van der Waals surface area contributed by atoms with Crippen molar-refractivity contribution < 1.29 is 24.5 Å². The van der Waals surface area contributed by atoms with E-state index in [2.05, 4.69) is 30.2 Å². The lowest BCUT2D eigenvalue weighted by atomic mass is 9.75. The second-order valence-electron chi connectivity index (χ2n) is 5.83. The minimum atomic E-state index is -0.953. The number of ether oxygens (including phenoxy) is 2. The van der Waals surface area contributed by atoms with Crippen molar-refractivity contribution in [2.75, 3.05) is 26.9 Å². The molecule has 0 amide bonds. The third-order valence-corrected chi connectivity index (χ3v) is 3.64. The van der Waals surface area contributed by atoms with Crippen LogP contribution in [0, 0.1) is 17.8 Å². The monoisotopic (exact) mass is 290 g/mol. The van der Waals surface area contributed by atoms with Crippen molar-refractivity contribution in [3.8, 4) is 0 Å². The van der Waals surface area contributed by atoms with Crippen LogP contribution in [0.15, 0.2) is 0 Å². The third kappa shape index (κ3) is 9.28. The first-order valence-corrected chi connectivity index (χ1v) is 7.35. The lowest BCUT2D eigenvalue weighted by Crippen LogP contribution is -2.31. The number of carboxylic acids is 1. The second kappa shape index (κ2) is 11.1. The van der Waals surface area contributed by atoms with E-state index in [0.29, 0.717) is 25.0 Å². The van der Waals surface area contributed by atoms with Gasteiger partial charge in [0, 0.05) is 7.11 Å². The van der Waals surface area contributed by atoms with Gasteiger partial charge in [0.25, 0.3) is 0 Å². The summed E-state index contributed by atoms with van der Waals surface area (Å²) in [6, 6.07) is 0. The van der Waals surface area contributed by atoms with Gasteiger partial charge in [0.05, 0.1) is 19.3 Å². The van der Waals surface area contributed by atoms with Gasteiger partial charge in [-0.1, -0.05) is 27.2 Å². The van der Waals surface area contributed by atoms with Crippen LogP contribution in [0.3, 0.4) is 0 Å². The molecular weight excluding hydrogens is 260 g/mol. The summed E-state index contributed by atoms with van der Waals surface area (Å²) in [6.07, 6.45) is 3.52. The zero-order valence-electron chi connectivity index (χ0n) is 13.2. The molecule has 2 N–H and O–H groups in total. The van der Waals surface area contributed by atoms with Gasteiger partial charge in [0.2, 0.25) is 0 Å². The SMILES string of the molecule is CC1CCC(C(C)C)C(O)C1.COCCOCC(=O)O. The number of carboxylic acid groups (broad SMARTS) is 1. The maximum absolute atomic E-state index is 9.80. The molecule has 3 unspecified atom stereocenters. The molecule has 0 bridgehead atoms. The predicted molar refractivity (Wildman–Crippen MR) is 77.7 cm³/mol. The minimum absolute atomic E-state index is 0.0289. The number of aliphatic hydroxyl groups excluding tert-OH is 1. The summed E-state index contributed by atoms with van der Waals surface area (Å²) in [7, 11) is 1.53. The highest BCUT2D eigenvalue weighted by Crippen LogP contribution is 2.33. The van der Waals surface area contributed by atoms with E-state index in [4.69, 9.17) is 5.11 Å². The number of methoxy groups -OCH3 is 1. The van der Waals surface area contributed by atoms with Gasteiger partial charge in [-0.25, -0.2) is 4.79 Å². The van der Waals surface area contributed by atoms with Crippen molar-refractivity contribution in [1.29, 1.82) is 0 Å². The smallest absolute Gasteiger partial charge is 0.329 e. The van der Waals surface area contributed by atoms with Crippen LogP contribution in [0.5, 0.6) is 0 Å². The molecule has 0 aliphatic heterocycles. The van der Waals surface area contributed by atoms with Crippen LogP contribution in [-0.4, -0.2) is 49.2 Å². The molecule has 1 rings (SSSR count). The zero-order chi connectivity index (χ0) is 15.5. The molecule has 5 nitrogen and oxygen atoms in total. The number of aliphatic carboxylic acids is 1. The molecular formula is C15H30O5. The van der Waals surface area contributed by atoms with Crippen LogP contribution >= 0.6 is 0 Å². The Bertz CT molecular complexity index is 255. The fourth-order valence-electron chi connectivity index (χ4n) is 2.45. The summed E-state index contributed by atoms with van der Waals surface area (Å²) in [5, 5.41) is 17.8. The van der Waals surface area contributed by atoms with E-state index in [1.165, 1.54) is 20.0 Å². The Labute approximate surface area is 122 Å². The van der Waals surface area contributed by atoms with Crippen LogP contribution < -0.4 is 0 Å². The molecule has 0 radical (unpaired) electrons. The van der Waals surface area contributed by atoms with E-state index >= 15 is 0 Å². The number of rotatable bonds is 6. The van der Waals surface area contributed by atoms with Crippen LogP contribution in [-0.2, 0) is 14.3 Å². The quantitative estimate of drug-likeness (QED) is 0.733. The molecule has 1 fully saturated rings. The Morgan fingerprint density at radius 1 is 1.30 bits per heavy atom. The van der Waals surface area contributed by atoms with Gasteiger partial charge in [0.15, 0.2) is 0 Å². The van der Waals surface area contributed by atoms with E-state index < -0.39 is 5.97 Å². The zero-order valence-corrected chi connectivity index (χ0v) is 13.2. The standard InChI is InChI=1S/C10H20O.C5H10O4/c1-7(2)9-5-4-8(3)6-10(9)11;1-8-2-3-9-4-5(6)7/h7-11H,4-6H2,1-3H3;2-4H2,1H3,(H,6,7). The van der Waals surface area contributed by atoms with Crippen LogP contribution in [0.25, 0.3) is 0 Å². The van der Waals surface area contributed by atoms with E-state index in [1.54, 1.807) is 0 Å². The van der Waals surface area contributed by atoms with Crippen LogP contribution in [0.4, 0.5) is 0 Å². The number of aliphatic hydroxyl groups is 1. The Kier molecular flexibility index (Phi) is 10.7. The highest BCUT2D eigenvalue weighted by Gasteiger charge is 2.28. The van der Waals surface area contributed by atoms with E-state index in [9.17, 15) is 9.90 Å². The molecule has 1 saturated carbocycles. The number of hydrogen-bond donors (Lipinski definition) is 2. The lowest BCUT2D eigenvalue weighted by Gasteiger charge is -2.33. The highest BCUT2D eigenvalue weighted by atomic mass is 16.5. The van der Waals surface area contributed by atoms with Gasteiger partial charge in [-0.05, 0) is 30.6 Å². The largest absolute Gasteiger partial charge is 0.480 e. The van der Waals surface area contributed by atoms with Gasteiger partial charge >= 0.3 is 5.97 Å². The summed E-state index contributed by atoms with van der Waals surface area (Å²) < 4.78 is 9.22. The first-order valence-electron chi connectivity index (χ1n) is 7.35. The molecule has 0 aromatic carbocycles. The molecule has 0 aromatic heterocycles. The molecule has 0 spiro atoms. The summed E-state index contributed by atoms with van der Waals surface area (Å²) >= 11 is 0. The van der Waals surface area contributed by atoms with Gasteiger partial charge in [-0.15, -0.1) is 0 Å². The molecule has 3 atom stereocenters. The average molecular weight is 290 g/mol. The van der Waals surface area contributed by atoms with E-state index in [1.807, 2.05) is 0 Å². The van der Waals surface area contributed by atoms with E-state index in [0.717, 1.165) is 12.3 Å². The molecule has 120 valence electrons. The molecule has 1 aliphatic rings. The fraction of sp³-hybridized carbons (Fsp3) is 0.933. The Hall–Kier alpha value is -0.650. The molecule has 0 aromatic rings. The van der Waals surface area contributed by atoms with Gasteiger partial charge < -0.3 is 19.7 Å². The van der Waals surface area contributed by atoms with Crippen molar-refractivity contribution in [2.45, 2.75) is 46.1 Å². The average Bonchev–Trinajstić information content (AvgIpc) is 2.34. The normalized spacial score (nSPS) is 26.0. The summed E-state index contributed by atoms with van der Waals surface area (Å²) in [5.74, 6) is 0.995. The summed E-state index contributed by atoms with van der Waals surface area (Å²) in [4.78, 5) is 9.80. The van der Waals surface area contributed by atoms with Gasteiger partial charge in [-0.3, -0.25) is 0 Å². The van der Waals surface area contributed by atoms with Crippen molar-refractivity contribution in [2.24, 2.45) is 17.8 Å². The highest BCUT2D eigenvalue weighted by molar-refractivity contribution is 5.67. The number of hydrogen-bond acceptors (Lipinski definition) is 4. The summed E-state index contributed by atoms with van der Waals surface area (Å²) in [6.45, 7) is 7.19. The lowest BCUT2D eigenvalue weighted by molar-refractivity contribution is -0.142. The van der Waals surface area contributed by atoms with Crippen LogP contribution in [0.2, 0.25) is 0 Å². The maximum atomic E-state index is 9.80. The topological polar surface area (TPSA) is 76.0 Å². The maximum Gasteiger partial charge on any atom is 0.329 e. The molecule has 1 aliphatic carbocycles. The predicted octanol–water partition coefficient (Wildman–Crippen LogP) is 2.17. The second-order valence-corrected chi connectivity index (χ2v) is 5.83. The molecule has 0 heterocycles. The minimum Gasteiger partial charge on any atom is -0.480 e. The van der Waals surface area contributed by atoms with Crippen molar-refractivity contribution in [1.82, 2.24) is 0 Å². The van der Waals surface area contributed by atoms with Crippen molar-refractivity contribution >= 4 is 5.97 Å². The number of carbonyl (C=O) groups is 1. The third-order valence-electron chi connectivity index (χ3n) is 3.64. The molecule has 0 saturated heterocycles. The first-order chi connectivity index (χ1) is 9.38. The molecule has 20 heavy (non-hydrogen) atoms. The van der Waals surface area contributed by atoms with Gasteiger partial charge in [0.1, 0.15) is 6.61 Å². The van der Waals surface area contributed by atoms with Crippen LogP contribution in [0.1, 0.15) is 40.0 Å². The first kappa shape index (κ1) is 19.4. The molecule has 5 heteroatoms. The Morgan fingerprint density at radius 2 is 1.95 bits per heavy atom. The Balaban J connectivity index is 0.000000370. The van der Waals surface area contributed by atoms with Gasteiger partial charge in [-0.2, -0.15) is 0 Å².